The molecule has 0 aromatic carbocycles. The molecule has 2 aliphatic rings. The zero-order valence-electron chi connectivity index (χ0n) is 17.0. The van der Waals surface area contributed by atoms with Gasteiger partial charge in [0.05, 0.1) is 5.92 Å². The van der Waals surface area contributed by atoms with Gasteiger partial charge in [-0.1, -0.05) is 51.9 Å². The zero-order chi connectivity index (χ0) is 18.8. The minimum absolute atomic E-state index is 0.0793. The van der Waals surface area contributed by atoms with Crippen molar-refractivity contribution in [3.05, 3.63) is 0 Å². The number of carbonyl (C=O) groups is 2. The topological polar surface area (TPSA) is 52.7 Å². The van der Waals surface area contributed by atoms with E-state index in [1.807, 2.05) is 11.9 Å². The Morgan fingerprint density at radius 3 is 2.50 bits per heavy atom. The molecule has 0 aromatic heterocycles. The van der Waals surface area contributed by atoms with Crippen molar-refractivity contribution >= 4 is 11.8 Å². The highest BCUT2D eigenvalue weighted by Crippen LogP contribution is 2.28. The minimum atomic E-state index is -0.163. The van der Waals surface area contributed by atoms with Crippen LogP contribution >= 0.6 is 0 Å². The van der Waals surface area contributed by atoms with Crippen molar-refractivity contribution in [2.45, 2.75) is 83.6 Å². The van der Waals surface area contributed by atoms with Crippen molar-refractivity contribution in [3.63, 3.8) is 0 Å². The van der Waals surface area contributed by atoms with Gasteiger partial charge in [-0.15, -0.1) is 0 Å². The first-order chi connectivity index (χ1) is 12.6. The van der Waals surface area contributed by atoms with E-state index in [-0.39, 0.29) is 23.8 Å². The van der Waals surface area contributed by atoms with Gasteiger partial charge in [-0.25, -0.2) is 0 Å². The summed E-state index contributed by atoms with van der Waals surface area (Å²) in [6.07, 6.45) is 12.7. The van der Waals surface area contributed by atoms with Crippen LogP contribution in [0.4, 0.5) is 0 Å². The molecular weight excluding hydrogens is 326 g/mol. The fourth-order valence-electron chi connectivity index (χ4n) is 4.37. The number of unbranched alkanes of at least 4 members (excludes halogenated alkanes) is 5. The summed E-state index contributed by atoms with van der Waals surface area (Å²) in [5.74, 6) is 0.0392. The first-order valence-electron chi connectivity index (χ1n) is 10.9. The fraction of sp³-hybridized carbons (Fsp3) is 0.905. The Kier molecular flexibility index (Phi) is 9.44. The first kappa shape index (κ1) is 21.2. The van der Waals surface area contributed by atoms with E-state index in [9.17, 15) is 9.59 Å². The molecule has 0 saturated carbocycles. The van der Waals surface area contributed by atoms with Crippen LogP contribution in [0.25, 0.3) is 0 Å². The van der Waals surface area contributed by atoms with Gasteiger partial charge in [0, 0.05) is 32.6 Å². The van der Waals surface area contributed by atoms with Crippen LogP contribution in [0.1, 0.15) is 77.6 Å². The van der Waals surface area contributed by atoms with Gasteiger partial charge >= 0.3 is 0 Å². The maximum absolute atomic E-state index is 12.7. The molecule has 2 fully saturated rings. The number of hydrogen-bond donors (Lipinski definition) is 1. The number of likely N-dealkylation sites (tertiary alicyclic amines) is 2. The van der Waals surface area contributed by atoms with E-state index in [1.165, 1.54) is 51.4 Å². The molecule has 5 nitrogen and oxygen atoms in total. The van der Waals surface area contributed by atoms with Gasteiger partial charge in [0.1, 0.15) is 0 Å². The van der Waals surface area contributed by atoms with E-state index in [0.717, 1.165) is 32.5 Å². The van der Waals surface area contributed by atoms with Crippen molar-refractivity contribution < 1.29 is 9.59 Å². The average molecular weight is 366 g/mol. The molecule has 0 spiro atoms. The molecule has 150 valence electrons. The molecule has 0 aliphatic carbocycles. The average Bonchev–Trinajstić information content (AvgIpc) is 2.94. The zero-order valence-corrected chi connectivity index (χ0v) is 17.0. The highest BCUT2D eigenvalue weighted by atomic mass is 16.2. The molecule has 2 saturated heterocycles. The molecule has 2 atom stereocenters. The first-order valence-corrected chi connectivity index (χ1v) is 10.9. The molecule has 2 amide bonds. The van der Waals surface area contributed by atoms with E-state index >= 15 is 0 Å². The Balaban J connectivity index is 1.71. The molecule has 2 aliphatic heterocycles. The van der Waals surface area contributed by atoms with Crippen LogP contribution in [0, 0.1) is 5.92 Å². The number of rotatable bonds is 11. The Morgan fingerprint density at radius 2 is 1.77 bits per heavy atom. The number of amides is 2. The number of nitrogens with zero attached hydrogens (tertiary/aromatic N) is 2. The van der Waals surface area contributed by atoms with Gasteiger partial charge in [-0.05, 0) is 32.4 Å². The van der Waals surface area contributed by atoms with Crippen molar-refractivity contribution in [1.29, 1.82) is 0 Å². The number of nitrogens with one attached hydrogen (secondary N) is 1. The monoisotopic (exact) mass is 365 g/mol. The van der Waals surface area contributed by atoms with E-state index < -0.39 is 0 Å². The summed E-state index contributed by atoms with van der Waals surface area (Å²) in [6, 6.07) is 0.0867. The quantitative estimate of drug-likeness (QED) is 0.572. The van der Waals surface area contributed by atoms with Gasteiger partial charge < -0.3 is 15.1 Å². The Bertz CT molecular complexity index is 435. The van der Waals surface area contributed by atoms with Crippen molar-refractivity contribution in [2.75, 3.05) is 33.2 Å². The summed E-state index contributed by atoms with van der Waals surface area (Å²) >= 11 is 0. The second-order valence-electron chi connectivity index (χ2n) is 8.13. The predicted octanol–water partition coefficient (Wildman–Crippen LogP) is 3.19. The lowest BCUT2D eigenvalue weighted by atomic mass is 9.94. The summed E-state index contributed by atoms with van der Waals surface area (Å²) in [7, 11) is 1.87. The maximum atomic E-state index is 12.7. The molecule has 1 N–H and O–H groups in total. The summed E-state index contributed by atoms with van der Waals surface area (Å²) < 4.78 is 0. The Labute approximate surface area is 159 Å². The summed E-state index contributed by atoms with van der Waals surface area (Å²) in [4.78, 5) is 29.0. The third-order valence-electron chi connectivity index (χ3n) is 6.12. The highest BCUT2D eigenvalue weighted by molar-refractivity contribution is 5.89. The summed E-state index contributed by atoms with van der Waals surface area (Å²) in [5, 5.41) is 3.10. The second-order valence-corrected chi connectivity index (χ2v) is 8.13. The van der Waals surface area contributed by atoms with Crippen molar-refractivity contribution in [1.82, 2.24) is 15.1 Å². The van der Waals surface area contributed by atoms with Crippen LogP contribution in [0.5, 0.6) is 0 Å². The predicted molar refractivity (Wildman–Crippen MR) is 106 cm³/mol. The fourth-order valence-corrected chi connectivity index (χ4v) is 4.37. The standard InChI is InChI=1S/C21H39N3O2/c1-3-4-5-6-7-9-12-19-18(17-20(25)23(19)2)21(26)22-13-16-24-14-10-8-11-15-24/h18-19H,3-17H2,1-2H3,(H,22,26)/t18-,19+/m0/s1. The Hall–Kier alpha value is -1.10. The summed E-state index contributed by atoms with van der Waals surface area (Å²) in [6.45, 7) is 6.18. The van der Waals surface area contributed by atoms with Crippen molar-refractivity contribution in [2.24, 2.45) is 5.92 Å². The molecule has 2 heterocycles. The van der Waals surface area contributed by atoms with Gasteiger partial charge in [-0.3, -0.25) is 9.59 Å². The molecule has 26 heavy (non-hydrogen) atoms. The van der Waals surface area contributed by atoms with E-state index in [0.29, 0.717) is 13.0 Å². The van der Waals surface area contributed by atoms with E-state index in [2.05, 4.69) is 17.1 Å². The maximum Gasteiger partial charge on any atom is 0.225 e. The van der Waals surface area contributed by atoms with Crippen molar-refractivity contribution in [3.8, 4) is 0 Å². The van der Waals surface area contributed by atoms with Gasteiger partial charge in [0.15, 0.2) is 0 Å². The molecule has 0 unspecified atom stereocenters. The van der Waals surface area contributed by atoms with Crippen LogP contribution < -0.4 is 5.32 Å². The van der Waals surface area contributed by atoms with E-state index in [1.54, 1.807) is 0 Å². The second kappa shape index (κ2) is 11.6. The molecule has 0 radical (unpaired) electrons. The molecule has 2 rings (SSSR count). The Morgan fingerprint density at radius 1 is 1.08 bits per heavy atom. The lowest BCUT2D eigenvalue weighted by Gasteiger charge is -2.27. The normalized spacial score (nSPS) is 24.2. The smallest absolute Gasteiger partial charge is 0.225 e. The number of piperidine rings is 1. The molecule has 0 bridgehead atoms. The van der Waals surface area contributed by atoms with Crippen LogP contribution in [0.2, 0.25) is 0 Å². The highest BCUT2D eigenvalue weighted by Gasteiger charge is 2.41. The van der Waals surface area contributed by atoms with Gasteiger partial charge in [0.25, 0.3) is 0 Å². The number of carbonyl (C=O) groups excluding carboxylic acids is 2. The molecule has 5 heteroatoms. The lowest BCUT2D eigenvalue weighted by Crippen LogP contribution is -2.42. The SMILES string of the molecule is CCCCCCCC[C@@H]1[C@@H](C(=O)NCCN2CCCCC2)CC(=O)N1C. The summed E-state index contributed by atoms with van der Waals surface area (Å²) in [5.41, 5.74) is 0. The van der Waals surface area contributed by atoms with Crippen LogP contribution in [0.15, 0.2) is 0 Å². The van der Waals surface area contributed by atoms with Crippen LogP contribution in [-0.2, 0) is 9.59 Å². The van der Waals surface area contributed by atoms with Gasteiger partial charge in [-0.2, -0.15) is 0 Å². The third kappa shape index (κ3) is 6.57. The number of hydrogen-bond acceptors (Lipinski definition) is 3. The van der Waals surface area contributed by atoms with E-state index in [4.69, 9.17) is 0 Å². The van der Waals surface area contributed by atoms with Crippen LogP contribution in [-0.4, -0.2) is 60.9 Å². The molecular formula is C21H39N3O2. The third-order valence-corrected chi connectivity index (χ3v) is 6.12. The largest absolute Gasteiger partial charge is 0.354 e. The van der Waals surface area contributed by atoms with Crippen LogP contribution in [0.3, 0.4) is 0 Å². The minimum Gasteiger partial charge on any atom is -0.354 e. The molecule has 0 aromatic rings. The van der Waals surface area contributed by atoms with Gasteiger partial charge in [0.2, 0.25) is 11.8 Å². The lowest BCUT2D eigenvalue weighted by molar-refractivity contribution is -0.128.